The number of aromatic nitrogens is 2. The Morgan fingerprint density at radius 1 is 1.10 bits per heavy atom. The maximum Gasteiger partial charge on any atom is 0.124 e. The molecular weight excluding hydrogens is 355 g/mol. The van der Waals surface area contributed by atoms with Crippen LogP contribution in [0.2, 0.25) is 0 Å². The summed E-state index contributed by atoms with van der Waals surface area (Å²) < 4.78 is 37.7. The monoisotopic (exact) mass is 370 g/mol. The van der Waals surface area contributed by atoms with Crippen molar-refractivity contribution in [3.05, 3.63) is 54.1 Å². The number of aryl methyl sites for hydroxylation is 2. The van der Waals surface area contributed by atoms with Crippen molar-refractivity contribution in [3.63, 3.8) is 0 Å². The molecule has 1 aromatic heterocycles. The fraction of sp³-hybridized carbons (Fsp3) is 0.143. The second-order valence-corrected chi connectivity index (χ2v) is 7.68. The summed E-state index contributed by atoms with van der Waals surface area (Å²) in [5.41, 5.74) is 3.34. The third-order valence-electron chi connectivity index (χ3n) is 2.79. The van der Waals surface area contributed by atoms with Crippen LogP contribution in [0, 0.1) is 6.92 Å². The smallest absolute Gasteiger partial charge is 0.124 e. The molecule has 0 saturated carbocycles. The van der Waals surface area contributed by atoms with Gasteiger partial charge in [0.25, 0.3) is 0 Å². The van der Waals surface area contributed by atoms with Crippen molar-refractivity contribution >= 4 is 36.1 Å². The van der Waals surface area contributed by atoms with Crippen LogP contribution in [0.15, 0.2) is 53.4 Å². The number of fused-ring (bicyclic) bond motifs is 1. The summed E-state index contributed by atoms with van der Waals surface area (Å²) in [6, 6.07) is 14.0. The summed E-state index contributed by atoms with van der Waals surface area (Å²) in [5, 5.41) is 0. The number of nitrogens with zero attached hydrogens (tertiary/aromatic N) is 2. The summed E-state index contributed by atoms with van der Waals surface area (Å²) in [7, 11) is -2.19. The minimum atomic E-state index is -4.27. The molecule has 2 aromatic carbocycles. The van der Waals surface area contributed by atoms with Gasteiger partial charge in [-0.15, -0.1) is 0 Å². The van der Waals surface area contributed by atoms with E-state index in [0.29, 0.717) is 15.0 Å². The van der Waals surface area contributed by atoms with Gasteiger partial charge in [-0.3, -0.25) is 0 Å². The van der Waals surface area contributed by atoms with Gasteiger partial charge in [0.1, 0.15) is 10.1 Å². The number of hydrogen-bond acceptors (Lipinski definition) is 4. The SMILES string of the molecule is C[n+]1[se]nc2ccccc21.Cc1ccc(S(=O)(=O)[O-])cc1. The third-order valence-corrected chi connectivity index (χ3v) is 5.15. The molecule has 0 spiro atoms. The van der Waals surface area contributed by atoms with E-state index in [1.54, 1.807) is 12.1 Å². The molecule has 110 valence electrons. The van der Waals surface area contributed by atoms with E-state index in [4.69, 9.17) is 0 Å². The van der Waals surface area contributed by atoms with Crippen LogP contribution in [-0.2, 0) is 17.2 Å². The molecule has 0 unspecified atom stereocenters. The molecule has 3 aromatic rings. The second kappa shape index (κ2) is 6.49. The Labute approximate surface area is 129 Å². The fourth-order valence-corrected chi connectivity index (χ4v) is 3.41. The van der Waals surface area contributed by atoms with Gasteiger partial charge in [-0.1, -0.05) is 17.7 Å². The quantitative estimate of drug-likeness (QED) is 0.474. The van der Waals surface area contributed by atoms with E-state index in [9.17, 15) is 13.0 Å². The number of benzene rings is 2. The number of rotatable bonds is 1. The van der Waals surface area contributed by atoms with E-state index < -0.39 is 10.1 Å². The van der Waals surface area contributed by atoms with Gasteiger partial charge in [0.2, 0.25) is 0 Å². The van der Waals surface area contributed by atoms with Crippen molar-refractivity contribution in [2.75, 3.05) is 0 Å². The standard InChI is InChI=1S/C7H7N2Se.C7H8O3S/c1-9-7-5-3-2-4-6(7)8-10-9;1-6-2-4-7(5-3-6)11(8,9)10/h2-5H,1H3;2-5H,1H3,(H,8,9,10)/q+1;/p-1. The van der Waals surface area contributed by atoms with Crippen LogP contribution in [0.3, 0.4) is 0 Å². The topological polar surface area (TPSA) is 74.0 Å². The molecule has 0 aliphatic carbocycles. The summed E-state index contributed by atoms with van der Waals surface area (Å²) in [4.78, 5) is -0.178. The van der Waals surface area contributed by atoms with Crippen molar-refractivity contribution in [2.45, 2.75) is 11.8 Å². The Kier molecular flexibility index (Phi) is 4.90. The average Bonchev–Trinajstić information content (AvgIpc) is 2.81. The molecule has 7 heteroatoms. The van der Waals surface area contributed by atoms with Crippen molar-refractivity contribution in [1.82, 2.24) is 3.98 Å². The largest absolute Gasteiger partial charge is 0.744 e. The Bertz CT molecular complexity index is 842. The van der Waals surface area contributed by atoms with E-state index in [1.165, 1.54) is 17.6 Å². The van der Waals surface area contributed by atoms with Gasteiger partial charge in [0.05, 0.1) is 4.90 Å². The first-order valence-corrected chi connectivity index (χ1v) is 9.05. The molecule has 0 aliphatic rings. The van der Waals surface area contributed by atoms with Gasteiger partial charge < -0.3 is 4.55 Å². The molecule has 0 fully saturated rings. The van der Waals surface area contributed by atoms with Gasteiger partial charge in [-0.05, 0) is 19.1 Å². The van der Waals surface area contributed by atoms with Crippen molar-refractivity contribution in [3.8, 4) is 0 Å². The zero-order valence-corrected chi connectivity index (χ0v) is 14.1. The van der Waals surface area contributed by atoms with Gasteiger partial charge in [-0.2, -0.15) is 0 Å². The first kappa shape index (κ1) is 15.9. The van der Waals surface area contributed by atoms with E-state index in [0.717, 1.165) is 11.1 Å². The van der Waals surface area contributed by atoms with Crippen LogP contribution in [-0.4, -0.2) is 31.9 Å². The predicted octanol–water partition coefficient (Wildman–Crippen LogP) is 1.02. The predicted molar refractivity (Wildman–Crippen MR) is 79.0 cm³/mol. The maximum absolute atomic E-state index is 10.4. The molecular formula is C14H14N2O3SSe. The molecule has 0 amide bonds. The van der Waals surface area contributed by atoms with Gasteiger partial charge in [0, 0.05) is 0 Å². The first-order valence-electron chi connectivity index (χ1n) is 6.11. The molecule has 0 aliphatic heterocycles. The zero-order valence-electron chi connectivity index (χ0n) is 11.6. The Morgan fingerprint density at radius 2 is 1.71 bits per heavy atom. The second-order valence-electron chi connectivity index (χ2n) is 4.43. The van der Waals surface area contributed by atoms with E-state index in [1.807, 2.05) is 19.1 Å². The number of hydrogen-bond donors (Lipinski definition) is 0. The van der Waals surface area contributed by atoms with Gasteiger partial charge >= 0.3 is 64.9 Å². The minimum absolute atomic E-state index is 0.178. The van der Waals surface area contributed by atoms with Crippen molar-refractivity contribution in [1.29, 1.82) is 0 Å². The minimum Gasteiger partial charge on any atom is -0.744 e. The van der Waals surface area contributed by atoms with Crippen LogP contribution < -0.4 is 3.56 Å². The molecule has 0 N–H and O–H groups in total. The molecule has 3 rings (SSSR count). The molecule has 1 heterocycles. The molecule has 0 radical (unpaired) electrons. The number of para-hydroxylation sites is 1. The van der Waals surface area contributed by atoms with Crippen LogP contribution >= 0.6 is 0 Å². The van der Waals surface area contributed by atoms with Crippen LogP contribution in [0.1, 0.15) is 5.56 Å². The van der Waals surface area contributed by atoms with Crippen LogP contribution in [0.4, 0.5) is 0 Å². The Balaban J connectivity index is 0.000000154. The van der Waals surface area contributed by atoms with Crippen LogP contribution in [0.5, 0.6) is 0 Å². The summed E-state index contributed by atoms with van der Waals surface area (Å²) >= 11 is 0.295. The van der Waals surface area contributed by atoms with Gasteiger partial charge in [-0.25, -0.2) is 8.42 Å². The first-order chi connectivity index (χ1) is 9.88. The molecule has 0 atom stereocenters. The van der Waals surface area contributed by atoms with Gasteiger partial charge in [0.15, 0.2) is 0 Å². The van der Waals surface area contributed by atoms with E-state index in [-0.39, 0.29) is 4.90 Å². The molecule has 0 bridgehead atoms. The van der Waals surface area contributed by atoms with Crippen molar-refractivity contribution < 1.29 is 16.5 Å². The third kappa shape index (κ3) is 4.22. The Morgan fingerprint density at radius 3 is 2.29 bits per heavy atom. The molecule has 5 nitrogen and oxygen atoms in total. The summed E-state index contributed by atoms with van der Waals surface area (Å²) in [6.45, 7) is 1.82. The van der Waals surface area contributed by atoms with E-state index in [2.05, 4.69) is 26.7 Å². The normalized spacial score (nSPS) is 11.0. The maximum atomic E-state index is 10.4. The summed E-state index contributed by atoms with van der Waals surface area (Å²) in [6.07, 6.45) is 0. The van der Waals surface area contributed by atoms with Crippen LogP contribution in [0.25, 0.3) is 11.0 Å². The molecule has 0 saturated heterocycles. The average molecular weight is 369 g/mol. The zero-order chi connectivity index (χ0) is 15.5. The van der Waals surface area contributed by atoms with Crippen molar-refractivity contribution in [2.24, 2.45) is 7.05 Å². The molecule has 21 heavy (non-hydrogen) atoms. The Hall–Kier alpha value is -1.53. The van der Waals surface area contributed by atoms with E-state index >= 15 is 0 Å². The summed E-state index contributed by atoms with van der Waals surface area (Å²) in [5.74, 6) is 0. The fourth-order valence-electron chi connectivity index (χ4n) is 1.66.